The van der Waals surface area contributed by atoms with Crippen molar-refractivity contribution in [3.63, 3.8) is 0 Å². The summed E-state index contributed by atoms with van der Waals surface area (Å²) in [6, 6.07) is 4.31. The first kappa shape index (κ1) is 21.4. The first-order valence-electron chi connectivity index (χ1n) is 9.03. The van der Waals surface area contributed by atoms with E-state index in [0.717, 1.165) is 0 Å². The molecule has 29 heavy (non-hydrogen) atoms. The Morgan fingerprint density at radius 3 is 2.79 bits per heavy atom. The van der Waals surface area contributed by atoms with E-state index in [1.807, 2.05) is 0 Å². The predicted molar refractivity (Wildman–Crippen MR) is 105 cm³/mol. The molecule has 3 rings (SSSR count). The predicted octanol–water partition coefficient (Wildman–Crippen LogP) is 1.22. The highest BCUT2D eigenvalue weighted by molar-refractivity contribution is 7.91. The molecule has 1 aromatic carbocycles. The highest BCUT2D eigenvalue weighted by Gasteiger charge is 2.34. The Morgan fingerprint density at radius 2 is 2.14 bits per heavy atom. The van der Waals surface area contributed by atoms with Gasteiger partial charge in [0.15, 0.2) is 21.5 Å². The first-order chi connectivity index (χ1) is 13.6. The molecule has 11 heteroatoms. The van der Waals surface area contributed by atoms with Crippen LogP contribution >= 0.6 is 11.6 Å². The fourth-order valence-electron chi connectivity index (χ4n) is 3.31. The Kier molecular flexibility index (Phi) is 6.04. The molecule has 158 valence electrons. The number of aromatic nitrogens is 1. The minimum atomic E-state index is -3.13. The molecule has 2 heterocycles. The average molecular weight is 445 g/mol. The van der Waals surface area contributed by atoms with Crippen LogP contribution in [0.3, 0.4) is 0 Å². The summed E-state index contributed by atoms with van der Waals surface area (Å²) in [6.07, 6.45) is -0.838. The molecule has 1 aliphatic heterocycles. The molecule has 0 saturated carbocycles. The molecular formula is C18H21ClN2O7S. The Morgan fingerprint density at radius 1 is 1.41 bits per heavy atom. The van der Waals surface area contributed by atoms with Crippen molar-refractivity contribution in [2.75, 3.05) is 18.6 Å². The monoisotopic (exact) mass is 444 g/mol. The number of hydrogen-bond donors (Lipinski definition) is 0. The second-order valence-corrected chi connectivity index (χ2v) is 9.68. The second kappa shape index (κ2) is 8.19. The molecule has 0 spiro atoms. The maximum absolute atomic E-state index is 12.4. The quantitative estimate of drug-likeness (QED) is 0.615. The number of halogens is 1. The van der Waals surface area contributed by atoms with Crippen LogP contribution in [0.1, 0.15) is 19.8 Å². The maximum atomic E-state index is 12.4. The maximum Gasteiger partial charge on any atom is 0.419 e. The normalized spacial score (nSPS) is 19.2. The topological polar surface area (TPSA) is 116 Å². The zero-order chi connectivity index (χ0) is 21.3. The summed E-state index contributed by atoms with van der Waals surface area (Å²) >= 11 is 5.87. The van der Waals surface area contributed by atoms with Gasteiger partial charge in [0, 0.05) is 30.7 Å². The summed E-state index contributed by atoms with van der Waals surface area (Å²) in [4.78, 5) is 37.9. The van der Waals surface area contributed by atoms with Crippen molar-refractivity contribution >= 4 is 44.4 Å². The van der Waals surface area contributed by atoms with Crippen LogP contribution in [-0.4, -0.2) is 60.5 Å². The summed E-state index contributed by atoms with van der Waals surface area (Å²) < 4.78 is 34.7. The Hall–Kier alpha value is -2.33. The lowest BCUT2D eigenvalue weighted by atomic mass is 10.2. The zero-order valence-corrected chi connectivity index (χ0v) is 17.5. The van der Waals surface area contributed by atoms with E-state index < -0.39 is 39.6 Å². The van der Waals surface area contributed by atoms with Gasteiger partial charge in [-0.15, -0.1) is 0 Å². The fourth-order valence-corrected chi connectivity index (χ4v) is 5.25. The third-order valence-electron chi connectivity index (χ3n) is 4.93. The number of likely N-dealkylation sites (N-methyl/N-ethyl adjacent to an activating group) is 1. The highest BCUT2D eigenvalue weighted by Crippen LogP contribution is 2.19. The van der Waals surface area contributed by atoms with Crippen molar-refractivity contribution in [1.82, 2.24) is 9.47 Å². The molecule has 1 aliphatic rings. The first-order valence-corrected chi connectivity index (χ1v) is 11.2. The van der Waals surface area contributed by atoms with E-state index in [1.165, 1.54) is 29.5 Å². The minimum Gasteiger partial charge on any atom is -0.452 e. The number of oxazole rings is 1. The summed E-state index contributed by atoms with van der Waals surface area (Å²) in [5, 5.41) is 0.421. The molecule has 2 aromatic rings. The summed E-state index contributed by atoms with van der Waals surface area (Å²) in [5.74, 6) is -1.80. The molecule has 0 aliphatic carbocycles. The summed E-state index contributed by atoms with van der Waals surface area (Å²) in [7, 11) is -1.63. The molecule has 0 N–H and O–H groups in total. The van der Waals surface area contributed by atoms with Gasteiger partial charge in [0.05, 0.1) is 23.4 Å². The lowest BCUT2D eigenvalue weighted by Crippen LogP contribution is -2.44. The lowest BCUT2D eigenvalue weighted by molar-refractivity contribution is -0.159. The number of carbonyl (C=O) groups excluding carboxylic acids is 2. The van der Waals surface area contributed by atoms with Gasteiger partial charge in [0.25, 0.3) is 5.91 Å². The lowest BCUT2D eigenvalue weighted by Gasteiger charge is -2.26. The Bertz CT molecular complexity index is 1110. The Balaban J connectivity index is 1.57. The van der Waals surface area contributed by atoms with Crippen LogP contribution in [0.4, 0.5) is 0 Å². The van der Waals surface area contributed by atoms with Crippen molar-refractivity contribution in [2.24, 2.45) is 0 Å². The zero-order valence-electron chi connectivity index (χ0n) is 16.0. The van der Waals surface area contributed by atoms with Gasteiger partial charge in [0.1, 0.15) is 0 Å². The molecular weight excluding hydrogens is 424 g/mol. The Labute approximate surface area is 172 Å². The number of ether oxygens (including phenoxy) is 1. The van der Waals surface area contributed by atoms with Crippen molar-refractivity contribution < 1.29 is 27.2 Å². The van der Waals surface area contributed by atoms with Crippen molar-refractivity contribution in [3.8, 4) is 0 Å². The van der Waals surface area contributed by atoms with Gasteiger partial charge in [-0.05, 0) is 25.5 Å². The van der Waals surface area contributed by atoms with Gasteiger partial charge in [-0.25, -0.2) is 13.2 Å². The third-order valence-corrected chi connectivity index (χ3v) is 6.92. The van der Waals surface area contributed by atoms with E-state index in [-0.39, 0.29) is 24.5 Å². The van der Waals surface area contributed by atoms with Crippen LogP contribution < -0.4 is 5.76 Å². The van der Waals surface area contributed by atoms with Crippen LogP contribution in [0, 0.1) is 0 Å². The van der Waals surface area contributed by atoms with E-state index >= 15 is 0 Å². The molecule has 1 fully saturated rings. The molecule has 9 nitrogen and oxygen atoms in total. The van der Waals surface area contributed by atoms with Gasteiger partial charge in [-0.1, -0.05) is 11.6 Å². The number of benzene rings is 1. The van der Waals surface area contributed by atoms with Crippen LogP contribution in [0.2, 0.25) is 5.02 Å². The number of sulfone groups is 1. The van der Waals surface area contributed by atoms with Gasteiger partial charge >= 0.3 is 11.7 Å². The SMILES string of the molecule is C[C@@H](OC(=O)CCn1c(=O)oc2cc(Cl)ccc21)C(=O)N(C)[C@H]1CCS(=O)(=O)C1. The standard InChI is InChI=1S/C18H21ClN2O7S/c1-11(17(23)20(2)13-6-8-29(25,26)10-13)27-16(22)5-7-21-14-4-3-12(19)9-15(14)28-18(21)24/h3-4,9,11,13H,5-8,10H2,1-2H3/t11-,13+/m1/s1. The van der Waals surface area contributed by atoms with Gasteiger partial charge in [-0.2, -0.15) is 0 Å². The van der Waals surface area contributed by atoms with E-state index in [4.69, 9.17) is 20.8 Å². The van der Waals surface area contributed by atoms with E-state index in [1.54, 1.807) is 12.1 Å². The van der Waals surface area contributed by atoms with Gasteiger partial charge in [-0.3, -0.25) is 14.2 Å². The van der Waals surface area contributed by atoms with Gasteiger partial charge in [0.2, 0.25) is 0 Å². The number of esters is 1. The molecule has 0 unspecified atom stereocenters. The number of rotatable bonds is 6. The van der Waals surface area contributed by atoms with Crippen LogP contribution in [-0.2, 0) is 30.7 Å². The molecule has 2 atom stereocenters. The van der Waals surface area contributed by atoms with Crippen molar-refractivity contribution in [3.05, 3.63) is 33.8 Å². The molecule has 0 radical (unpaired) electrons. The van der Waals surface area contributed by atoms with E-state index in [9.17, 15) is 22.8 Å². The van der Waals surface area contributed by atoms with Crippen LogP contribution in [0.15, 0.2) is 27.4 Å². The molecule has 1 amide bonds. The number of carbonyl (C=O) groups is 2. The number of nitrogens with zero attached hydrogens (tertiary/aromatic N) is 2. The molecule has 1 aromatic heterocycles. The number of fused-ring (bicyclic) bond motifs is 1. The number of amides is 1. The number of aryl methyl sites for hydroxylation is 1. The van der Waals surface area contributed by atoms with Crippen molar-refractivity contribution in [1.29, 1.82) is 0 Å². The van der Waals surface area contributed by atoms with Gasteiger partial charge < -0.3 is 14.1 Å². The highest BCUT2D eigenvalue weighted by atomic mass is 35.5. The smallest absolute Gasteiger partial charge is 0.419 e. The van der Waals surface area contributed by atoms with Crippen LogP contribution in [0.5, 0.6) is 0 Å². The largest absolute Gasteiger partial charge is 0.452 e. The average Bonchev–Trinajstić information content (AvgIpc) is 3.16. The third kappa shape index (κ3) is 4.81. The summed E-state index contributed by atoms with van der Waals surface area (Å²) in [5.41, 5.74) is 0.811. The minimum absolute atomic E-state index is 0.0178. The molecule has 0 bridgehead atoms. The van der Waals surface area contributed by atoms with E-state index in [2.05, 4.69) is 0 Å². The molecule has 1 saturated heterocycles. The number of hydrogen-bond acceptors (Lipinski definition) is 7. The summed E-state index contributed by atoms with van der Waals surface area (Å²) in [6.45, 7) is 1.45. The second-order valence-electron chi connectivity index (χ2n) is 7.02. The van der Waals surface area contributed by atoms with E-state index in [0.29, 0.717) is 22.5 Å². The van der Waals surface area contributed by atoms with Crippen LogP contribution in [0.25, 0.3) is 11.1 Å². The van der Waals surface area contributed by atoms with Crippen molar-refractivity contribution in [2.45, 2.75) is 38.5 Å². The fraction of sp³-hybridized carbons (Fsp3) is 0.500.